The number of sulfone groups is 1. The maximum absolute atomic E-state index is 12.3. The lowest BCUT2D eigenvalue weighted by Crippen LogP contribution is -2.14. The van der Waals surface area contributed by atoms with E-state index in [1.165, 1.54) is 36.4 Å². The molecule has 1 fully saturated rings. The van der Waals surface area contributed by atoms with Crippen molar-refractivity contribution in [3.05, 3.63) is 64.7 Å². The summed E-state index contributed by atoms with van der Waals surface area (Å²) in [5, 5.41) is 12.5. The van der Waals surface area contributed by atoms with E-state index >= 15 is 0 Å². The quantitative estimate of drug-likeness (QED) is 0.510. The van der Waals surface area contributed by atoms with Crippen molar-refractivity contribution < 1.29 is 18.1 Å². The molecule has 0 aromatic heterocycles. The molecule has 2 aromatic carbocycles. The predicted octanol–water partition coefficient (Wildman–Crippen LogP) is 1.70. The Balaban J connectivity index is 1.69. The predicted molar refractivity (Wildman–Crippen MR) is 78.1 cm³/mol. The molecule has 2 atom stereocenters. The van der Waals surface area contributed by atoms with Gasteiger partial charge in [-0.15, -0.1) is 0 Å². The Bertz CT molecular complexity index is 790. The van der Waals surface area contributed by atoms with E-state index in [0.29, 0.717) is 5.75 Å². The van der Waals surface area contributed by atoms with Crippen LogP contribution in [0.15, 0.2) is 59.5 Å². The van der Waals surface area contributed by atoms with Gasteiger partial charge in [-0.1, -0.05) is 18.2 Å². The molecule has 0 radical (unpaired) electrons. The molecule has 1 aliphatic heterocycles. The second-order valence-electron chi connectivity index (χ2n) is 4.73. The highest BCUT2D eigenvalue weighted by Crippen LogP contribution is 2.28. The third-order valence-electron chi connectivity index (χ3n) is 3.21. The van der Waals surface area contributed by atoms with Gasteiger partial charge in [0.25, 0.3) is 5.69 Å². The molecule has 8 heteroatoms. The van der Waals surface area contributed by atoms with Gasteiger partial charge in [-0.25, -0.2) is 8.42 Å². The maximum Gasteiger partial charge on any atom is 0.269 e. The number of nitro groups is 1. The molecule has 1 heterocycles. The monoisotopic (exact) mass is 320 g/mol. The summed E-state index contributed by atoms with van der Waals surface area (Å²) < 4.78 is 30.1. The summed E-state index contributed by atoms with van der Waals surface area (Å²) >= 11 is 0. The first-order valence-corrected chi connectivity index (χ1v) is 7.99. The third kappa shape index (κ3) is 2.78. The number of benzene rings is 2. The largest absolute Gasteiger partial charge is 0.472 e. The molecule has 1 aliphatic rings. The first-order valence-electron chi connectivity index (χ1n) is 6.44. The number of rotatable bonds is 5. The van der Waals surface area contributed by atoms with Crippen LogP contribution in [0.4, 0.5) is 5.69 Å². The molecule has 2 aromatic rings. The molecule has 1 saturated heterocycles. The van der Waals surface area contributed by atoms with Gasteiger partial charge in [0, 0.05) is 12.1 Å². The number of non-ortho nitro benzene ring substituents is 1. The van der Waals surface area contributed by atoms with Crippen molar-refractivity contribution in [1.29, 1.82) is 0 Å². The molecule has 2 unspecified atom stereocenters. The van der Waals surface area contributed by atoms with Crippen molar-refractivity contribution in [3.63, 3.8) is 0 Å². The molecular weight excluding hydrogens is 308 g/mol. The van der Waals surface area contributed by atoms with E-state index in [4.69, 9.17) is 4.74 Å². The topological polar surface area (TPSA) is 108 Å². The first-order chi connectivity index (χ1) is 10.5. The molecule has 0 saturated carbocycles. The highest BCUT2D eigenvalue weighted by Gasteiger charge is 2.49. The average Bonchev–Trinajstić information content (AvgIpc) is 3.29. The highest BCUT2D eigenvalue weighted by molar-refractivity contribution is 7.92. The molecule has 22 heavy (non-hydrogen) atoms. The van der Waals surface area contributed by atoms with Gasteiger partial charge < -0.3 is 4.74 Å². The minimum absolute atomic E-state index is 0.0513. The van der Waals surface area contributed by atoms with Gasteiger partial charge in [-0.05, 0) is 24.3 Å². The fourth-order valence-electron chi connectivity index (χ4n) is 2.00. The molecule has 0 bridgehead atoms. The summed E-state index contributed by atoms with van der Waals surface area (Å²) in [5.41, 5.74) is -0.0513. The fourth-order valence-corrected chi connectivity index (χ4v) is 3.53. The van der Waals surface area contributed by atoms with Crippen LogP contribution in [0.1, 0.15) is 0 Å². The van der Waals surface area contributed by atoms with E-state index in [1.54, 1.807) is 18.2 Å². The van der Waals surface area contributed by atoms with Gasteiger partial charge in [-0.2, -0.15) is 0 Å². The lowest BCUT2D eigenvalue weighted by molar-refractivity contribution is -0.384. The van der Waals surface area contributed by atoms with E-state index in [9.17, 15) is 18.5 Å². The Morgan fingerprint density at radius 1 is 1.05 bits per heavy atom. The van der Waals surface area contributed by atoms with E-state index in [-0.39, 0.29) is 10.6 Å². The number of hydrogen-bond donors (Lipinski definition) is 1. The number of ether oxygens (including phenoxy) is 1. The first kappa shape index (κ1) is 14.5. The lowest BCUT2D eigenvalue weighted by atomic mass is 10.3. The zero-order chi connectivity index (χ0) is 15.7. The van der Waals surface area contributed by atoms with Crippen molar-refractivity contribution in [3.8, 4) is 5.75 Å². The van der Waals surface area contributed by atoms with E-state index < -0.39 is 26.4 Å². The van der Waals surface area contributed by atoms with Gasteiger partial charge in [0.1, 0.15) is 5.75 Å². The summed E-state index contributed by atoms with van der Waals surface area (Å²) in [7, 11) is -3.50. The summed E-state index contributed by atoms with van der Waals surface area (Å²) in [5.74, 6) is 0.369. The van der Waals surface area contributed by atoms with Gasteiger partial charge in [0.15, 0.2) is 21.4 Å². The van der Waals surface area contributed by atoms with E-state index in [0.717, 1.165) is 0 Å². The van der Waals surface area contributed by atoms with Crippen LogP contribution in [-0.4, -0.2) is 24.9 Å². The van der Waals surface area contributed by atoms with Crippen LogP contribution in [0.3, 0.4) is 0 Å². The Morgan fingerprint density at radius 3 is 2.27 bits per heavy atom. The van der Waals surface area contributed by atoms with Crippen LogP contribution >= 0.6 is 0 Å². The molecule has 0 spiro atoms. The van der Waals surface area contributed by atoms with Crippen molar-refractivity contribution >= 4 is 15.5 Å². The number of nitrogens with one attached hydrogen (secondary N) is 1. The third-order valence-corrected chi connectivity index (χ3v) is 5.19. The van der Waals surface area contributed by atoms with Crippen LogP contribution in [0.5, 0.6) is 5.75 Å². The van der Waals surface area contributed by atoms with E-state index in [2.05, 4.69) is 5.32 Å². The Kier molecular flexibility index (Phi) is 3.55. The van der Waals surface area contributed by atoms with Crippen LogP contribution in [-0.2, 0) is 9.84 Å². The zero-order valence-corrected chi connectivity index (χ0v) is 12.1. The highest BCUT2D eigenvalue weighted by atomic mass is 32.2. The lowest BCUT2D eigenvalue weighted by Gasteiger charge is -2.04. The molecule has 7 nitrogen and oxygen atoms in total. The summed E-state index contributed by atoms with van der Waals surface area (Å²) in [6.07, 6.45) is -0.660. The molecule has 3 rings (SSSR count). The standard InChI is InChI=1S/C14H12N2O5S/c17-16(18)10-6-8-11(9-7-10)21-13-14(15-13)22(19,20)12-4-2-1-3-5-12/h1-9,13-15H. The summed E-state index contributed by atoms with van der Waals surface area (Å²) in [6.45, 7) is 0. The summed E-state index contributed by atoms with van der Waals surface area (Å²) in [6, 6.07) is 13.6. The van der Waals surface area contributed by atoms with Gasteiger partial charge >= 0.3 is 0 Å². The second kappa shape index (κ2) is 5.39. The minimum Gasteiger partial charge on any atom is -0.472 e. The van der Waals surface area contributed by atoms with Gasteiger partial charge in [0.05, 0.1) is 9.82 Å². The van der Waals surface area contributed by atoms with Crippen LogP contribution in [0.25, 0.3) is 0 Å². The fraction of sp³-hybridized carbons (Fsp3) is 0.143. The Labute approximate surface area is 126 Å². The normalized spacial score (nSPS) is 20.4. The zero-order valence-electron chi connectivity index (χ0n) is 11.2. The Morgan fingerprint density at radius 2 is 1.68 bits per heavy atom. The van der Waals surface area contributed by atoms with Crippen LogP contribution in [0.2, 0.25) is 0 Å². The molecule has 1 N–H and O–H groups in total. The van der Waals surface area contributed by atoms with Crippen molar-refractivity contribution in [1.82, 2.24) is 5.32 Å². The summed E-state index contributed by atoms with van der Waals surface area (Å²) in [4.78, 5) is 10.3. The molecule has 0 amide bonds. The SMILES string of the molecule is O=[N+]([O-])c1ccc(OC2NC2S(=O)(=O)c2ccccc2)cc1. The minimum atomic E-state index is -3.50. The van der Waals surface area contributed by atoms with Gasteiger partial charge in [-0.3, -0.25) is 15.4 Å². The second-order valence-corrected chi connectivity index (χ2v) is 6.80. The molecular formula is C14H12N2O5S. The maximum atomic E-state index is 12.3. The Hall–Kier alpha value is -2.45. The number of hydrogen-bond acceptors (Lipinski definition) is 6. The molecule has 0 aliphatic carbocycles. The number of nitrogens with zero attached hydrogens (tertiary/aromatic N) is 1. The number of nitro benzene ring substituents is 1. The average molecular weight is 320 g/mol. The van der Waals surface area contributed by atoms with Crippen molar-refractivity contribution in [2.45, 2.75) is 16.5 Å². The van der Waals surface area contributed by atoms with Gasteiger partial charge in [0.2, 0.25) is 0 Å². The van der Waals surface area contributed by atoms with Crippen LogP contribution < -0.4 is 10.1 Å². The van der Waals surface area contributed by atoms with Crippen LogP contribution in [0, 0.1) is 10.1 Å². The van der Waals surface area contributed by atoms with Crippen molar-refractivity contribution in [2.24, 2.45) is 0 Å². The molecule has 114 valence electrons. The van der Waals surface area contributed by atoms with E-state index in [1.807, 2.05) is 0 Å². The smallest absolute Gasteiger partial charge is 0.269 e. The van der Waals surface area contributed by atoms with Crippen molar-refractivity contribution in [2.75, 3.05) is 0 Å².